The maximum Gasteiger partial charge on any atom is 0.422 e. The molecule has 21 heavy (non-hydrogen) atoms. The van der Waals surface area contributed by atoms with E-state index in [2.05, 4.69) is 15.4 Å². The molecule has 0 aliphatic heterocycles. The number of halogens is 3. The Morgan fingerprint density at radius 1 is 1.29 bits per heavy atom. The van der Waals surface area contributed by atoms with Gasteiger partial charge in [-0.25, -0.2) is 4.79 Å². The lowest BCUT2D eigenvalue weighted by molar-refractivity contribution is -0.160. The highest BCUT2D eigenvalue weighted by molar-refractivity contribution is 7.11. The van der Waals surface area contributed by atoms with Crippen molar-refractivity contribution in [3.8, 4) is 0 Å². The number of alkyl halides is 3. The lowest BCUT2D eigenvalue weighted by Gasteiger charge is -2.09. The summed E-state index contributed by atoms with van der Waals surface area (Å²) in [5, 5.41) is 4.71. The number of carbonyl (C=O) groups is 2. The van der Waals surface area contributed by atoms with Gasteiger partial charge in [-0.15, -0.1) is 11.3 Å². The summed E-state index contributed by atoms with van der Waals surface area (Å²) in [6.45, 7) is 0.594. The standard InChI is InChI=1S/C12H15F3N2O3S/c1-8-2-3-9(21-8)6-17-10(18)4-5-16-11(19)20-7-12(13,14)15/h2-3H,4-7H2,1H3,(H,16,19)(H,17,18). The molecule has 0 saturated carbocycles. The van der Waals surface area contributed by atoms with Crippen molar-refractivity contribution >= 4 is 23.3 Å². The fourth-order valence-corrected chi connectivity index (χ4v) is 2.16. The molecule has 0 spiro atoms. The van der Waals surface area contributed by atoms with Crippen LogP contribution in [0.3, 0.4) is 0 Å². The van der Waals surface area contributed by atoms with E-state index < -0.39 is 18.9 Å². The van der Waals surface area contributed by atoms with Gasteiger partial charge in [-0.2, -0.15) is 13.2 Å². The molecule has 0 fully saturated rings. The van der Waals surface area contributed by atoms with Crippen molar-refractivity contribution in [1.82, 2.24) is 10.6 Å². The van der Waals surface area contributed by atoms with Crippen molar-refractivity contribution in [2.75, 3.05) is 13.2 Å². The number of alkyl carbamates (subject to hydrolysis) is 1. The molecule has 0 saturated heterocycles. The molecule has 1 heterocycles. The first-order valence-corrected chi connectivity index (χ1v) is 6.87. The molecule has 0 aliphatic rings. The molecule has 5 nitrogen and oxygen atoms in total. The maximum absolute atomic E-state index is 11.8. The van der Waals surface area contributed by atoms with Crippen LogP contribution in [0.4, 0.5) is 18.0 Å². The number of ether oxygens (including phenoxy) is 1. The SMILES string of the molecule is Cc1ccc(CNC(=O)CCNC(=O)OCC(F)(F)F)s1. The van der Waals surface area contributed by atoms with Crippen LogP contribution in [0.5, 0.6) is 0 Å². The summed E-state index contributed by atoms with van der Waals surface area (Å²) in [4.78, 5) is 24.5. The van der Waals surface area contributed by atoms with Gasteiger partial charge in [0.2, 0.25) is 5.91 Å². The van der Waals surface area contributed by atoms with Gasteiger partial charge in [0.25, 0.3) is 0 Å². The Labute approximate surface area is 123 Å². The zero-order valence-electron chi connectivity index (χ0n) is 11.3. The summed E-state index contributed by atoms with van der Waals surface area (Å²) in [7, 11) is 0. The molecule has 2 amide bonds. The topological polar surface area (TPSA) is 67.4 Å². The first-order chi connectivity index (χ1) is 9.76. The van der Waals surface area contributed by atoms with Crippen LogP contribution in [-0.2, 0) is 16.1 Å². The molecule has 0 radical (unpaired) electrons. The molecule has 1 aromatic heterocycles. The highest BCUT2D eigenvalue weighted by Crippen LogP contribution is 2.15. The monoisotopic (exact) mass is 324 g/mol. The minimum Gasteiger partial charge on any atom is -0.440 e. The second-order valence-electron chi connectivity index (χ2n) is 4.16. The third kappa shape index (κ3) is 8.18. The Morgan fingerprint density at radius 3 is 2.57 bits per heavy atom. The van der Waals surface area contributed by atoms with Gasteiger partial charge in [-0.3, -0.25) is 4.79 Å². The van der Waals surface area contributed by atoms with Crippen molar-refractivity contribution in [3.05, 3.63) is 21.9 Å². The number of nitrogens with one attached hydrogen (secondary N) is 2. The molecule has 0 aromatic carbocycles. The van der Waals surface area contributed by atoms with Crippen molar-refractivity contribution in [3.63, 3.8) is 0 Å². The van der Waals surface area contributed by atoms with Crippen molar-refractivity contribution in [2.45, 2.75) is 26.1 Å². The van der Waals surface area contributed by atoms with Crippen LogP contribution >= 0.6 is 11.3 Å². The third-order valence-electron chi connectivity index (χ3n) is 2.24. The van der Waals surface area contributed by atoms with Crippen LogP contribution in [0.15, 0.2) is 12.1 Å². The molecule has 9 heteroatoms. The van der Waals surface area contributed by atoms with E-state index >= 15 is 0 Å². The number of aryl methyl sites for hydroxylation is 1. The van der Waals surface area contributed by atoms with Gasteiger partial charge in [0.15, 0.2) is 6.61 Å². The Morgan fingerprint density at radius 2 is 2.00 bits per heavy atom. The first-order valence-electron chi connectivity index (χ1n) is 6.05. The minimum absolute atomic E-state index is 0.0362. The van der Waals surface area contributed by atoms with E-state index in [9.17, 15) is 22.8 Å². The van der Waals surface area contributed by atoms with E-state index in [1.807, 2.05) is 19.1 Å². The zero-order chi connectivity index (χ0) is 15.9. The summed E-state index contributed by atoms with van der Waals surface area (Å²) >= 11 is 1.56. The summed E-state index contributed by atoms with van der Waals surface area (Å²) in [5.41, 5.74) is 0. The average Bonchev–Trinajstić information content (AvgIpc) is 2.79. The Balaban J connectivity index is 2.11. The Kier molecular flexibility index (Phi) is 6.47. The largest absolute Gasteiger partial charge is 0.440 e. The summed E-state index contributed by atoms with van der Waals surface area (Å²) in [5.74, 6) is -0.308. The molecule has 118 valence electrons. The van der Waals surface area contributed by atoms with Gasteiger partial charge >= 0.3 is 12.3 Å². The Hall–Kier alpha value is -1.77. The molecule has 0 unspecified atom stereocenters. The van der Waals surface area contributed by atoms with Gasteiger partial charge in [-0.1, -0.05) is 0 Å². The van der Waals surface area contributed by atoms with Gasteiger partial charge in [-0.05, 0) is 19.1 Å². The van der Waals surface area contributed by atoms with Gasteiger partial charge in [0, 0.05) is 22.7 Å². The highest BCUT2D eigenvalue weighted by Gasteiger charge is 2.29. The number of carbonyl (C=O) groups excluding carboxylic acids is 2. The van der Waals surface area contributed by atoms with E-state index in [0.29, 0.717) is 6.54 Å². The van der Waals surface area contributed by atoms with Gasteiger partial charge in [0.05, 0.1) is 6.54 Å². The molecule has 1 aromatic rings. The highest BCUT2D eigenvalue weighted by atomic mass is 32.1. The number of hydrogen-bond donors (Lipinski definition) is 2. The molecular formula is C12H15F3N2O3S. The number of rotatable bonds is 6. The van der Waals surface area contributed by atoms with Crippen molar-refractivity contribution in [1.29, 1.82) is 0 Å². The zero-order valence-corrected chi connectivity index (χ0v) is 12.1. The normalized spacial score (nSPS) is 11.0. The molecular weight excluding hydrogens is 309 g/mol. The van der Waals surface area contributed by atoms with E-state index in [1.165, 1.54) is 0 Å². The lowest BCUT2D eigenvalue weighted by atomic mass is 10.4. The fraction of sp³-hybridized carbons (Fsp3) is 0.500. The molecule has 1 rings (SSSR count). The molecule has 0 aliphatic carbocycles. The maximum atomic E-state index is 11.8. The second kappa shape index (κ2) is 7.87. The molecule has 0 atom stereocenters. The van der Waals surface area contributed by atoms with E-state index in [0.717, 1.165) is 9.75 Å². The quantitative estimate of drug-likeness (QED) is 0.844. The fourth-order valence-electron chi connectivity index (χ4n) is 1.33. The third-order valence-corrected chi connectivity index (χ3v) is 3.24. The average molecular weight is 324 g/mol. The Bertz CT molecular complexity index is 488. The van der Waals surface area contributed by atoms with E-state index in [4.69, 9.17) is 0 Å². The van der Waals surface area contributed by atoms with Gasteiger partial charge in [0.1, 0.15) is 0 Å². The van der Waals surface area contributed by atoms with Crippen LogP contribution in [0.25, 0.3) is 0 Å². The second-order valence-corrected chi connectivity index (χ2v) is 5.53. The number of hydrogen-bond acceptors (Lipinski definition) is 4. The van der Waals surface area contributed by atoms with Crippen LogP contribution in [0, 0.1) is 6.92 Å². The summed E-state index contributed by atoms with van der Waals surface area (Å²) in [6, 6.07) is 3.83. The van der Waals surface area contributed by atoms with Crippen LogP contribution in [0.2, 0.25) is 0 Å². The van der Waals surface area contributed by atoms with Crippen molar-refractivity contribution in [2.24, 2.45) is 0 Å². The lowest BCUT2D eigenvalue weighted by Crippen LogP contribution is -2.32. The summed E-state index contributed by atoms with van der Waals surface area (Å²) < 4.78 is 39.2. The molecule has 0 bridgehead atoms. The van der Waals surface area contributed by atoms with Gasteiger partial charge < -0.3 is 15.4 Å². The van der Waals surface area contributed by atoms with E-state index in [1.54, 1.807) is 11.3 Å². The van der Waals surface area contributed by atoms with Crippen molar-refractivity contribution < 1.29 is 27.5 Å². The predicted octanol–water partition coefficient (Wildman–Crippen LogP) is 2.35. The number of amides is 2. The van der Waals surface area contributed by atoms with Crippen LogP contribution in [0.1, 0.15) is 16.2 Å². The smallest absolute Gasteiger partial charge is 0.422 e. The molecule has 2 N–H and O–H groups in total. The number of thiophene rings is 1. The van der Waals surface area contributed by atoms with Crippen LogP contribution in [-0.4, -0.2) is 31.3 Å². The van der Waals surface area contributed by atoms with Crippen LogP contribution < -0.4 is 10.6 Å². The predicted molar refractivity (Wildman–Crippen MR) is 70.9 cm³/mol. The first kappa shape index (κ1) is 17.3. The van der Waals surface area contributed by atoms with E-state index in [-0.39, 0.29) is 18.9 Å². The summed E-state index contributed by atoms with van der Waals surface area (Å²) in [6.07, 6.45) is -5.80. The minimum atomic E-state index is -4.56.